The molecule has 1 aliphatic heterocycles. The molecular formula is C16H25N5O. The molecule has 0 spiro atoms. The maximum atomic E-state index is 12.2. The summed E-state index contributed by atoms with van der Waals surface area (Å²) < 4.78 is 2.22. The Kier molecular flexibility index (Phi) is 4.57. The number of aromatic nitrogens is 2. The zero-order valence-corrected chi connectivity index (χ0v) is 14.1. The van der Waals surface area contributed by atoms with Crippen molar-refractivity contribution in [3.8, 4) is 6.07 Å². The topological polar surface area (TPSA) is 74.0 Å². The number of nitriles is 1. The predicted molar refractivity (Wildman–Crippen MR) is 84.0 cm³/mol. The van der Waals surface area contributed by atoms with E-state index >= 15 is 0 Å². The van der Waals surface area contributed by atoms with Gasteiger partial charge in [-0.15, -0.1) is 0 Å². The number of nitrogens with one attached hydrogen (secondary N) is 1. The largest absolute Gasteiger partial charge is 0.337 e. The molecule has 1 atom stereocenters. The van der Waals surface area contributed by atoms with Gasteiger partial charge in [0.1, 0.15) is 11.4 Å². The molecule has 0 radical (unpaired) electrons. The lowest BCUT2D eigenvalue weighted by molar-refractivity contribution is -0.124. The molecule has 120 valence electrons. The van der Waals surface area contributed by atoms with Gasteiger partial charge in [0, 0.05) is 18.8 Å². The van der Waals surface area contributed by atoms with Crippen molar-refractivity contribution in [2.24, 2.45) is 5.92 Å². The molecule has 6 heteroatoms. The third-order valence-corrected chi connectivity index (χ3v) is 4.69. The highest BCUT2D eigenvalue weighted by atomic mass is 16.2. The van der Waals surface area contributed by atoms with Crippen LogP contribution in [-0.2, 0) is 17.9 Å². The highest BCUT2D eigenvalue weighted by Crippen LogP contribution is 2.18. The molecule has 1 N–H and O–H groups in total. The van der Waals surface area contributed by atoms with Gasteiger partial charge in [-0.3, -0.25) is 9.69 Å². The summed E-state index contributed by atoms with van der Waals surface area (Å²) >= 11 is 0. The first-order chi connectivity index (χ1) is 10.3. The van der Waals surface area contributed by atoms with Crippen LogP contribution in [-0.4, -0.2) is 39.0 Å². The van der Waals surface area contributed by atoms with Crippen LogP contribution in [0.4, 0.5) is 0 Å². The van der Waals surface area contributed by atoms with Crippen LogP contribution < -0.4 is 5.32 Å². The van der Waals surface area contributed by atoms with Crippen molar-refractivity contribution in [3.63, 3.8) is 0 Å². The first-order valence-electron chi connectivity index (χ1n) is 7.74. The Balaban J connectivity index is 1.98. The Morgan fingerprint density at radius 3 is 2.73 bits per heavy atom. The minimum absolute atomic E-state index is 0.0620. The lowest BCUT2D eigenvalue weighted by Crippen LogP contribution is -2.52. The highest BCUT2D eigenvalue weighted by molar-refractivity contribution is 5.79. The van der Waals surface area contributed by atoms with E-state index in [0.29, 0.717) is 13.1 Å². The van der Waals surface area contributed by atoms with E-state index in [2.05, 4.69) is 32.8 Å². The molecule has 0 saturated heterocycles. The van der Waals surface area contributed by atoms with Crippen molar-refractivity contribution in [3.05, 3.63) is 17.2 Å². The Hall–Kier alpha value is -1.87. The SMILES string of the molecule is Cc1nc2n(c1C)CCN(CC(=O)NC(C)(C#N)C(C)C)C2. The Morgan fingerprint density at radius 1 is 1.45 bits per heavy atom. The number of hydrogen-bond acceptors (Lipinski definition) is 4. The number of carbonyl (C=O) groups excluding carboxylic acids is 1. The first kappa shape index (κ1) is 16.5. The van der Waals surface area contributed by atoms with Crippen LogP contribution in [0, 0.1) is 31.1 Å². The van der Waals surface area contributed by atoms with Gasteiger partial charge in [-0.25, -0.2) is 4.98 Å². The second-order valence-corrected chi connectivity index (χ2v) is 6.58. The quantitative estimate of drug-likeness (QED) is 0.911. The molecule has 0 saturated carbocycles. The monoisotopic (exact) mass is 303 g/mol. The van der Waals surface area contributed by atoms with Crippen molar-refractivity contribution >= 4 is 5.91 Å². The van der Waals surface area contributed by atoms with Gasteiger partial charge in [0.2, 0.25) is 5.91 Å². The fourth-order valence-electron chi connectivity index (χ4n) is 2.63. The maximum absolute atomic E-state index is 12.2. The van der Waals surface area contributed by atoms with Gasteiger partial charge in [-0.05, 0) is 26.7 Å². The molecule has 0 aliphatic carbocycles. The van der Waals surface area contributed by atoms with Gasteiger partial charge in [0.05, 0.1) is 24.9 Å². The minimum Gasteiger partial charge on any atom is -0.337 e. The van der Waals surface area contributed by atoms with Crippen molar-refractivity contribution in [1.82, 2.24) is 19.8 Å². The van der Waals surface area contributed by atoms with Gasteiger partial charge in [0.15, 0.2) is 0 Å². The Bertz CT molecular complexity index is 613. The molecule has 2 rings (SSSR count). The van der Waals surface area contributed by atoms with E-state index in [1.807, 2.05) is 20.8 Å². The fourth-order valence-corrected chi connectivity index (χ4v) is 2.63. The normalized spacial score (nSPS) is 17.7. The van der Waals surface area contributed by atoms with E-state index in [0.717, 1.165) is 24.6 Å². The summed E-state index contributed by atoms with van der Waals surface area (Å²) in [4.78, 5) is 18.9. The van der Waals surface area contributed by atoms with Crippen LogP contribution in [0.2, 0.25) is 0 Å². The predicted octanol–water partition coefficient (Wildman–Crippen LogP) is 1.37. The van der Waals surface area contributed by atoms with Crippen LogP contribution in [0.15, 0.2) is 0 Å². The summed E-state index contributed by atoms with van der Waals surface area (Å²) in [7, 11) is 0. The van der Waals surface area contributed by atoms with Crippen molar-refractivity contribution in [2.45, 2.75) is 53.2 Å². The molecule has 6 nitrogen and oxygen atoms in total. The van der Waals surface area contributed by atoms with Crippen LogP contribution in [0.1, 0.15) is 38.0 Å². The molecule has 0 bridgehead atoms. The third-order valence-electron chi connectivity index (χ3n) is 4.69. The van der Waals surface area contributed by atoms with E-state index in [1.165, 1.54) is 5.69 Å². The number of aryl methyl sites for hydroxylation is 1. The molecule has 2 heterocycles. The number of nitrogens with zero attached hydrogens (tertiary/aromatic N) is 4. The van der Waals surface area contributed by atoms with E-state index in [1.54, 1.807) is 6.92 Å². The van der Waals surface area contributed by atoms with Crippen molar-refractivity contribution in [2.75, 3.05) is 13.1 Å². The summed E-state index contributed by atoms with van der Waals surface area (Å²) in [5, 5.41) is 12.1. The van der Waals surface area contributed by atoms with Crippen LogP contribution >= 0.6 is 0 Å². The summed E-state index contributed by atoms with van der Waals surface area (Å²) in [5.41, 5.74) is 1.44. The van der Waals surface area contributed by atoms with E-state index in [9.17, 15) is 10.1 Å². The molecule has 1 unspecified atom stereocenters. The van der Waals surface area contributed by atoms with E-state index in [-0.39, 0.29) is 11.8 Å². The number of amides is 1. The average molecular weight is 303 g/mol. The average Bonchev–Trinajstić information content (AvgIpc) is 2.73. The van der Waals surface area contributed by atoms with Gasteiger partial charge in [-0.1, -0.05) is 13.8 Å². The van der Waals surface area contributed by atoms with E-state index < -0.39 is 5.54 Å². The van der Waals surface area contributed by atoms with Crippen molar-refractivity contribution in [1.29, 1.82) is 5.26 Å². The third kappa shape index (κ3) is 3.14. The number of imidazole rings is 1. The molecule has 0 fully saturated rings. The standard InChI is InChI=1S/C16H25N5O/c1-11(2)16(5,10-17)19-15(22)9-20-6-7-21-13(4)12(3)18-14(21)8-20/h11H,6-9H2,1-5H3,(H,19,22). The van der Waals surface area contributed by atoms with Gasteiger partial charge in [0.25, 0.3) is 0 Å². The molecular weight excluding hydrogens is 278 g/mol. The Labute approximate surface area is 132 Å². The Morgan fingerprint density at radius 2 is 2.14 bits per heavy atom. The lowest BCUT2D eigenvalue weighted by Gasteiger charge is -2.31. The smallest absolute Gasteiger partial charge is 0.235 e. The van der Waals surface area contributed by atoms with Gasteiger partial charge >= 0.3 is 0 Å². The second-order valence-electron chi connectivity index (χ2n) is 6.58. The van der Waals surface area contributed by atoms with Gasteiger partial charge in [-0.2, -0.15) is 5.26 Å². The van der Waals surface area contributed by atoms with Gasteiger partial charge < -0.3 is 9.88 Å². The lowest BCUT2D eigenvalue weighted by atomic mass is 9.90. The summed E-state index contributed by atoms with van der Waals surface area (Å²) in [6, 6.07) is 2.21. The fraction of sp³-hybridized carbons (Fsp3) is 0.688. The number of fused-ring (bicyclic) bond motifs is 1. The van der Waals surface area contributed by atoms with Crippen LogP contribution in [0.25, 0.3) is 0 Å². The summed E-state index contributed by atoms with van der Waals surface area (Å²) in [5.74, 6) is 0.971. The molecule has 0 aromatic carbocycles. The summed E-state index contributed by atoms with van der Waals surface area (Å²) in [6.07, 6.45) is 0. The second kappa shape index (κ2) is 6.09. The number of hydrogen-bond donors (Lipinski definition) is 1. The number of carbonyl (C=O) groups is 1. The van der Waals surface area contributed by atoms with Crippen molar-refractivity contribution < 1.29 is 4.79 Å². The molecule has 1 amide bonds. The molecule has 1 aliphatic rings. The van der Waals surface area contributed by atoms with Crippen LogP contribution in [0.3, 0.4) is 0 Å². The zero-order valence-electron chi connectivity index (χ0n) is 14.1. The van der Waals surface area contributed by atoms with E-state index in [4.69, 9.17) is 0 Å². The molecule has 1 aromatic rings. The zero-order chi connectivity index (χ0) is 16.5. The summed E-state index contributed by atoms with van der Waals surface area (Å²) in [6.45, 7) is 12.4. The maximum Gasteiger partial charge on any atom is 0.235 e. The number of rotatable bonds is 4. The molecule has 22 heavy (non-hydrogen) atoms. The van der Waals surface area contributed by atoms with Crippen LogP contribution in [0.5, 0.6) is 0 Å². The first-order valence-corrected chi connectivity index (χ1v) is 7.74. The highest BCUT2D eigenvalue weighted by Gasteiger charge is 2.31. The minimum atomic E-state index is -0.821. The molecule has 1 aromatic heterocycles.